The Hall–Kier alpha value is -2.72. The minimum atomic E-state index is -4.91. The number of hydrogen-bond donors (Lipinski definition) is 0. The van der Waals surface area contributed by atoms with E-state index in [0.29, 0.717) is 24.2 Å². The van der Waals surface area contributed by atoms with Gasteiger partial charge < -0.3 is 18.9 Å². The van der Waals surface area contributed by atoms with Gasteiger partial charge in [0.05, 0.1) is 13.2 Å². The van der Waals surface area contributed by atoms with Crippen LogP contribution in [0.3, 0.4) is 0 Å². The average molecular weight is 504 g/mol. The van der Waals surface area contributed by atoms with Crippen molar-refractivity contribution in [2.75, 3.05) is 19.8 Å². The maximum Gasteiger partial charge on any atom is 0.494 e. The topological polar surface area (TPSA) is 54.0 Å². The molecule has 0 saturated heterocycles. The van der Waals surface area contributed by atoms with E-state index >= 15 is 0 Å². The molecule has 35 heavy (non-hydrogen) atoms. The summed E-state index contributed by atoms with van der Waals surface area (Å²) in [4.78, 5) is 11.7. The zero-order chi connectivity index (χ0) is 25.9. The Morgan fingerprint density at radius 3 is 1.91 bits per heavy atom. The lowest BCUT2D eigenvalue weighted by Crippen LogP contribution is -2.47. The number of carbonyl (C=O) groups is 1. The third kappa shape index (κ3) is 8.78. The van der Waals surface area contributed by atoms with E-state index in [0.717, 1.165) is 25.0 Å². The number of carbonyl (C=O) groups excluding carboxylic acids is 1. The molecule has 194 valence electrons. The molecule has 0 heterocycles. The molecule has 0 aliphatic heterocycles. The van der Waals surface area contributed by atoms with Gasteiger partial charge in [-0.3, -0.25) is 0 Å². The van der Waals surface area contributed by atoms with E-state index in [2.05, 4.69) is 9.47 Å². The minimum Gasteiger partial charge on any atom is -0.426 e. The van der Waals surface area contributed by atoms with Crippen LogP contribution in [0.2, 0.25) is 0 Å². The highest BCUT2D eigenvalue weighted by Crippen LogP contribution is 2.37. The second-order valence-corrected chi connectivity index (χ2v) is 7.68. The van der Waals surface area contributed by atoms with Crippen LogP contribution in [0.15, 0.2) is 48.5 Å². The van der Waals surface area contributed by atoms with Crippen LogP contribution in [0.25, 0.3) is 11.1 Å². The normalized spacial score (nSPS) is 12.9. The quantitative estimate of drug-likeness (QED) is 0.116. The lowest BCUT2D eigenvalue weighted by molar-refractivity contribution is -0.408. The lowest BCUT2D eigenvalue weighted by Gasteiger charge is -2.26. The summed E-state index contributed by atoms with van der Waals surface area (Å²) in [6.07, 6.45) is -9.33. The molecule has 0 aliphatic rings. The minimum absolute atomic E-state index is 0.0654. The van der Waals surface area contributed by atoms with Crippen LogP contribution in [0, 0.1) is 0 Å². The monoisotopic (exact) mass is 504 g/mol. The number of rotatable bonds is 15. The predicted molar refractivity (Wildman–Crippen MR) is 120 cm³/mol. The van der Waals surface area contributed by atoms with E-state index < -0.39 is 36.7 Å². The zero-order valence-electron chi connectivity index (χ0n) is 19.6. The van der Waals surface area contributed by atoms with E-state index in [4.69, 9.17) is 9.47 Å². The van der Waals surface area contributed by atoms with Gasteiger partial charge in [0.15, 0.2) is 6.17 Å². The molecule has 0 radical (unpaired) electrons. The summed E-state index contributed by atoms with van der Waals surface area (Å²) < 4.78 is 87.4. The van der Waals surface area contributed by atoms with Crippen LogP contribution in [0.5, 0.6) is 11.5 Å². The first kappa shape index (κ1) is 28.5. The van der Waals surface area contributed by atoms with Gasteiger partial charge in [-0.05, 0) is 48.2 Å². The van der Waals surface area contributed by atoms with E-state index in [1.165, 1.54) is 24.3 Å². The SMILES string of the molecule is CCCCOCCOC(F)(F)C(F)(F)Oc1ccc(-c2ccc(OC(=O)C(F)CCC)cc2)cc1. The van der Waals surface area contributed by atoms with Gasteiger partial charge in [0.1, 0.15) is 11.5 Å². The molecule has 0 aromatic heterocycles. The summed E-state index contributed by atoms with van der Waals surface area (Å²) in [6, 6.07) is 11.1. The first-order chi connectivity index (χ1) is 16.6. The van der Waals surface area contributed by atoms with Gasteiger partial charge in [-0.1, -0.05) is 51.0 Å². The number of hydrogen-bond acceptors (Lipinski definition) is 5. The van der Waals surface area contributed by atoms with Crippen molar-refractivity contribution in [3.8, 4) is 22.6 Å². The van der Waals surface area contributed by atoms with Gasteiger partial charge in [-0.25, -0.2) is 9.18 Å². The molecule has 0 fully saturated rings. The molecule has 0 spiro atoms. The summed E-state index contributed by atoms with van der Waals surface area (Å²) in [5, 5.41) is 0. The number of unbranched alkanes of at least 4 members (excludes halogenated alkanes) is 1. The molecular formula is C25H29F5O5. The second kappa shape index (κ2) is 13.4. The fraction of sp³-hybridized carbons (Fsp3) is 0.480. The molecule has 1 atom stereocenters. The van der Waals surface area contributed by atoms with Crippen molar-refractivity contribution in [2.45, 2.75) is 57.9 Å². The van der Waals surface area contributed by atoms with Crippen LogP contribution in [0.1, 0.15) is 39.5 Å². The molecule has 0 saturated carbocycles. The van der Waals surface area contributed by atoms with E-state index in [1.807, 2.05) is 6.92 Å². The highest BCUT2D eigenvalue weighted by molar-refractivity contribution is 5.77. The first-order valence-electron chi connectivity index (χ1n) is 11.3. The van der Waals surface area contributed by atoms with Gasteiger partial charge in [0.2, 0.25) is 0 Å². The number of halogens is 5. The summed E-state index contributed by atoms with van der Waals surface area (Å²) in [7, 11) is 0. The summed E-state index contributed by atoms with van der Waals surface area (Å²) in [5.74, 6) is -1.32. The molecule has 0 aliphatic carbocycles. The van der Waals surface area contributed by atoms with Crippen molar-refractivity contribution in [3.63, 3.8) is 0 Å². The van der Waals surface area contributed by atoms with Crippen LogP contribution >= 0.6 is 0 Å². The Kier molecular flexibility index (Phi) is 10.9. The zero-order valence-corrected chi connectivity index (χ0v) is 19.6. The van der Waals surface area contributed by atoms with Crippen LogP contribution < -0.4 is 9.47 Å². The molecule has 10 heteroatoms. The van der Waals surface area contributed by atoms with E-state index in [1.54, 1.807) is 19.1 Å². The van der Waals surface area contributed by atoms with Crippen LogP contribution in [-0.2, 0) is 14.3 Å². The molecule has 0 amide bonds. The van der Waals surface area contributed by atoms with Gasteiger partial charge in [-0.2, -0.15) is 17.6 Å². The molecule has 5 nitrogen and oxygen atoms in total. The highest BCUT2D eigenvalue weighted by Gasteiger charge is 2.61. The maximum atomic E-state index is 14.0. The van der Waals surface area contributed by atoms with Crippen molar-refractivity contribution >= 4 is 5.97 Å². The largest absolute Gasteiger partial charge is 0.494 e. The summed E-state index contributed by atoms with van der Waals surface area (Å²) in [6.45, 7) is 3.04. The Balaban J connectivity index is 1.94. The number of ether oxygens (including phenoxy) is 4. The molecule has 0 bridgehead atoms. The van der Waals surface area contributed by atoms with E-state index in [-0.39, 0.29) is 18.8 Å². The predicted octanol–water partition coefficient (Wildman–Crippen LogP) is 6.79. The number of benzene rings is 2. The van der Waals surface area contributed by atoms with Gasteiger partial charge in [0, 0.05) is 6.61 Å². The maximum absolute atomic E-state index is 14.0. The molecular weight excluding hydrogens is 475 g/mol. The van der Waals surface area contributed by atoms with Crippen molar-refractivity contribution in [1.29, 1.82) is 0 Å². The Labute approximate surface area is 201 Å². The van der Waals surface area contributed by atoms with Gasteiger partial charge in [-0.15, -0.1) is 0 Å². The Morgan fingerprint density at radius 1 is 0.800 bits per heavy atom. The fourth-order valence-corrected chi connectivity index (χ4v) is 2.85. The first-order valence-corrected chi connectivity index (χ1v) is 11.3. The highest BCUT2D eigenvalue weighted by atomic mass is 19.3. The van der Waals surface area contributed by atoms with Crippen molar-refractivity contribution < 1.29 is 45.7 Å². The Morgan fingerprint density at radius 2 is 1.37 bits per heavy atom. The van der Waals surface area contributed by atoms with Crippen molar-refractivity contribution in [3.05, 3.63) is 48.5 Å². The van der Waals surface area contributed by atoms with Crippen molar-refractivity contribution in [1.82, 2.24) is 0 Å². The molecule has 1 unspecified atom stereocenters. The van der Waals surface area contributed by atoms with Crippen molar-refractivity contribution in [2.24, 2.45) is 0 Å². The molecule has 2 aromatic rings. The third-order valence-electron chi connectivity index (χ3n) is 4.80. The van der Waals surface area contributed by atoms with Crippen LogP contribution in [-0.4, -0.2) is 44.2 Å². The van der Waals surface area contributed by atoms with Gasteiger partial charge >= 0.3 is 18.2 Å². The summed E-state index contributed by atoms with van der Waals surface area (Å²) >= 11 is 0. The standard InChI is InChI=1S/C25H29F5O5/c1-3-5-15-32-16-17-33-24(27,28)25(29,30)35-21-13-9-19(10-14-21)18-7-11-20(12-8-18)34-23(31)22(26)6-4-2/h7-14,22H,3-6,15-17H2,1-2H3. The molecule has 2 rings (SSSR count). The second-order valence-electron chi connectivity index (χ2n) is 7.68. The third-order valence-corrected chi connectivity index (χ3v) is 4.80. The smallest absolute Gasteiger partial charge is 0.426 e. The van der Waals surface area contributed by atoms with Crippen LogP contribution in [0.4, 0.5) is 22.0 Å². The molecule has 2 aromatic carbocycles. The molecule has 0 N–H and O–H groups in total. The average Bonchev–Trinajstić information content (AvgIpc) is 2.82. The van der Waals surface area contributed by atoms with Gasteiger partial charge in [0.25, 0.3) is 0 Å². The number of esters is 1. The summed E-state index contributed by atoms with van der Waals surface area (Å²) in [5.41, 5.74) is 1.17. The Bertz CT molecular complexity index is 903. The lowest BCUT2D eigenvalue weighted by atomic mass is 10.1. The number of alkyl halides is 5. The van der Waals surface area contributed by atoms with E-state index in [9.17, 15) is 26.7 Å². The fourth-order valence-electron chi connectivity index (χ4n) is 2.85.